The molecular formula is C7H19NO2. The zero-order chi connectivity index (χ0) is 7.49. The molecule has 0 aromatic rings. The Morgan fingerprint density at radius 1 is 1.40 bits per heavy atom. The molecule has 10 heavy (non-hydrogen) atoms. The SMILES string of the molecule is CC(C)(C)C(N)CCO.O. The Kier molecular flexibility index (Phi) is 5.84. The van der Waals surface area contributed by atoms with Gasteiger partial charge in [0.25, 0.3) is 0 Å². The van der Waals surface area contributed by atoms with E-state index in [1.165, 1.54) is 0 Å². The first kappa shape index (κ1) is 12.5. The van der Waals surface area contributed by atoms with Crippen LogP contribution in [0.3, 0.4) is 0 Å². The van der Waals surface area contributed by atoms with Crippen LogP contribution in [0, 0.1) is 5.41 Å². The molecule has 5 N–H and O–H groups in total. The van der Waals surface area contributed by atoms with Gasteiger partial charge in [-0.3, -0.25) is 0 Å². The third kappa shape index (κ3) is 4.73. The van der Waals surface area contributed by atoms with E-state index >= 15 is 0 Å². The molecule has 0 saturated heterocycles. The summed E-state index contributed by atoms with van der Waals surface area (Å²) in [5.74, 6) is 0. The molecule has 3 nitrogen and oxygen atoms in total. The molecule has 0 fully saturated rings. The fraction of sp³-hybridized carbons (Fsp3) is 1.00. The summed E-state index contributed by atoms with van der Waals surface area (Å²) in [6.07, 6.45) is 0.698. The zero-order valence-corrected chi connectivity index (χ0v) is 7.02. The van der Waals surface area contributed by atoms with Crippen molar-refractivity contribution in [3.8, 4) is 0 Å². The smallest absolute Gasteiger partial charge is 0.0445 e. The first-order chi connectivity index (χ1) is 3.98. The Balaban J connectivity index is 0. The summed E-state index contributed by atoms with van der Waals surface area (Å²) in [6.45, 7) is 6.42. The Bertz CT molecular complexity index is 78.2. The zero-order valence-electron chi connectivity index (χ0n) is 7.02. The number of aliphatic hydroxyl groups excluding tert-OH is 1. The number of hydrogen-bond donors (Lipinski definition) is 2. The molecule has 0 aromatic carbocycles. The minimum absolute atomic E-state index is 0. The highest BCUT2D eigenvalue weighted by Crippen LogP contribution is 2.18. The van der Waals surface area contributed by atoms with Crippen molar-refractivity contribution < 1.29 is 10.6 Å². The second-order valence-corrected chi connectivity index (χ2v) is 3.48. The van der Waals surface area contributed by atoms with Gasteiger partial charge in [-0.15, -0.1) is 0 Å². The predicted molar refractivity (Wildman–Crippen MR) is 42.7 cm³/mol. The second-order valence-electron chi connectivity index (χ2n) is 3.48. The van der Waals surface area contributed by atoms with Crippen LogP contribution in [0.5, 0.6) is 0 Å². The number of aliphatic hydroxyl groups is 1. The Hall–Kier alpha value is -0.120. The average molecular weight is 149 g/mol. The van der Waals surface area contributed by atoms with Crippen LogP contribution in [-0.2, 0) is 0 Å². The quantitative estimate of drug-likeness (QED) is 0.576. The van der Waals surface area contributed by atoms with Crippen LogP contribution in [0.25, 0.3) is 0 Å². The summed E-state index contributed by atoms with van der Waals surface area (Å²) in [6, 6.07) is 0.113. The van der Waals surface area contributed by atoms with E-state index in [0.717, 1.165) is 0 Å². The molecule has 0 saturated carbocycles. The summed E-state index contributed by atoms with van der Waals surface area (Å²) >= 11 is 0. The van der Waals surface area contributed by atoms with E-state index in [-0.39, 0.29) is 23.5 Å². The lowest BCUT2D eigenvalue weighted by Crippen LogP contribution is -2.35. The van der Waals surface area contributed by atoms with Gasteiger partial charge in [0.1, 0.15) is 0 Å². The minimum Gasteiger partial charge on any atom is -0.412 e. The van der Waals surface area contributed by atoms with Crippen molar-refractivity contribution in [1.82, 2.24) is 0 Å². The van der Waals surface area contributed by atoms with E-state index in [2.05, 4.69) is 20.8 Å². The van der Waals surface area contributed by atoms with Crippen molar-refractivity contribution in [2.45, 2.75) is 33.2 Å². The molecule has 0 aliphatic heterocycles. The molecule has 64 valence electrons. The summed E-state index contributed by atoms with van der Waals surface area (Å²) in [5.41, 5.74) is 5.83. The van der Waals surface area contributed by atoms with Gasteiger partial charge in [-0.05, 0) is 11.8 Å². The maximum Gasteiger partial charge on any atom is 0.0445 e. The summed E-state index contributed by atoms with van der Waals surface area (Å²) in [4.78, 5) is 0. The van der Waals surface area contributed by atoms with Gasteiger partial charge < -0.3 is 16.3 Å². The van der Waals surface area contributed by atoms with E-state index in [0.29, 0.717) is 6.42 Å². The van der Waals surface area contributed by atoms with E-state index < -0.39 is 0 Å². The van der Waals surface area contributed by atoms with Gasteiger partial charge in [-0.1, -0.05) is 20.8 Å². The molecule has 0 spiro atoms. The fourth-order valence-electron chi connectivity index (χ4n) is 0.572. The summed E-state index contributed by atoms with van der Waals surface area (Å²) in [7, 11) is 0. The maximum atomic E-state index is 8.52. The normalized spacial score (nSPS) is 14.1. The van der Waals surface area contributed by atoms with Gasteiger partial charge in [0.2, 0.25) is 0 Å². The van der Waals surface area contributed by atoms with Crippen LogP contribution < -0.4 is 5.73 Å². The van der Waals surface area contributed by atoms with Crippen LogP contribution in [0.15, 0.2) is 0 Å². The molecular weight excluding hydrogens is 130 g/mol. The van der Waals surface area contributed by atoms with Gasteiger partial charge in [-0.2, -0.15) is 0 Å². The molecule has 0 radical (unpaired) electrons. The van der Waals surface area contributed by atoms with Crippen molar-refractivity contribution >= 4 is 0 Å². The number of hydrogen-bond acceptors (Lipinski definition) is 2. The molecule has 0 aliphatic carbocycles. The average Bonchev–Trinajstić information content (AvgIpc) is 1.64. The van der Waals surface area contributed by atoms with Crippen molar-refractivity contribution in [2.24, 2.45) is 11.1 Å². The molecule has 0 heterocycles. The number of rotatable bonds is 2. The molecule has 1 atom stereocenters. The maximum absolute atomic E-state index is 8.52. The number of nitrogens with two attached hydrogens (primary N) is 1. The van der Waals surface area contributed by atoms with Gasteiger partial charge in [-0.25, -0.2) is 0 Å². The Labute approximate surface area is 62.5 Å². The largest absolute Gasteiger partial charge is 0.412 e. The first-order valence-electron chi connectivity index (χ1n) is 3.35. The van der Waals surface area contributed by atoms with E-state index in [9.17, 15) is 0 Å². The van der Waals surface area contributed by atoms with Crippen LogP contribution in [0.2, 0.25) is 0 Å². The van der Waals surface area contributed by atoms with Gasteiger partial charge in [0, 0.05) is 12.6 Å². The van der Waals surface area contributed by atoms with Crippen molar-refractivity contribution in [1.29, 1.82) is 0 Å². The molecule has 1 unspecified atom stereocenters. The predicted octanol–water partition coefficient (Wildman–Crippen LogP) is -0.0825. The third-order valence-corrected chi connectivity index (χ3v) is 1.55. The molecule has 0 amide bonds. The van der Waals surface area contributed by atoms with Crippen LogP contribution in [0.4, 0.5) is 0 Å². The van der Waals surface area contributed by atoms with Crippen molar-refractivity contribution in [3.63, 3.8) is 0 Å². The van der Waals surface area contributed by atoms with Crippen LogP contribution >= 0.6 is 0 Å². The van der Waals surface area contributed by atoms with E-state index in [1.54, 1.807) is 0 Å². The highest BCUT2D eigenvalue weighted by atomic mass is 16.3. The van der Waals surface area contributed by atoms with Gasteiger partial charge >= 0.3 is 0 Å². The van der Waals surface area contributed by atoms with Crippen molar-refractivity contribution in [2.75, 3.05) is 6.61 Å². The van der Waals surface area contributed by atoms with E-state index in [4.69, 9.17) is 10.8 Å². The molecule has 3 heteroatoms. The molecule has 0 aromatic heterocycles. The highest BCUT2D eigenvalue weighted by molar-refractivity contribution is 4.75. The Morgan fingerprint density at radius 3 is 1.90 bits per heavy atom. The third-order valence-electron chi connectivity index (χ3n) is 1.55. The topological polar surface area (TPSA) is 77.8 Å². The van der Waals surface area contributed by atoms with Crippen LogP contribution in [0.1, 0.15) is 27.2 Å². The molecule has 0 aliphatic rings. The van der Waals surface area contributed by atoms with Gasteiger partial charge in [0.05, 0.1) is 0 Å². The fourth-order valence-corrected chi connectivity index (χ4v) is 0.572. The second kappa shape index (κ2) is 4.66. The van der Waals surface area contributed by atoms with E-state index in [1.807, 2.05) is 0 Å². The monoisotopic (exact) mass is 149 g/mol. The molecule has 0 rings (SSSR count). The van der Waals surface area contributed by atoms with Gasteiger partial charge in [0.15, 0.2) is 0 Å². The summed E-state index contributed by atoms with van der Waals surface area (Å²) < 4.78 is 0. The summed E-state index contributed by atoms with van der Waals surface area (Å²) in [5, 5.41) is 8.52. The minimum atomic E-state index is 0. The lowest BCUT2D eigenvalue weighted by Gasteiger charge is -2.26. The highest BCUT2D eigenvalue weighted by Gasteiger charge is 2.19. The first-order valence-corrected chi connectivity index (χ1v) is 3.35. The molecule has 0 bridgehead atoms. The lowest BCUT2D eigenvalue weighted by atomic mass is 9.86. The lowest BCUT2D eigenvalue weighted by molar-refractivity contribution is 0.225. The van der Waals surface area contributed by atoms with Crippen LogP contribution in [-0.4, -0.2) is 23.2 Å². The Morgan fingerprint density at radius 2 is 1.80 bits per heavy atom. The van der Waals surface area contributed by atoms with Crippen molar-refractivity contribution in [3.05, 3.63) is 0 Å². The standard InChI is InChI=1S/C7H17NO.H2O/c1-7(2,3)6(8)4-5-9;/h6,9H,4-5,8H2,1-3H3;1H2.